The van der Waals surface area contributed by atoms with E-state index < -0.39 is 16.3 Å². The molecule has 4 nitrogen and oxygen atoms in total. The number of aliphatic carboxylic acids is 1. The van der Waals surface area contributed by atoms with Crippen LogP contribution in [-0.2, 0) is 15.1 Å². The largest absolute Gasteiger partial charge is 1.00 e. The molecule has 6 heteroatoms. The molecule has 0 spiro atoms. The molecule has 0 aromatic rings. The van der Waals surface area contributed by atoms with E-state index in [1.807, 2.05) is 0 Å². The van der Waals surface area contributed by atoms with E-state index >= 15 is 0 Å². The number of carbonyl (C=O) groups is 1. The molecule has 0 aliphatic carbocycles. The summed E-state index contributed by atoms with van der Waals surface area (Å²) in [7, 11) is -2.22. The normalized spacial score (nSPS) is 8.00. The van der Waals surface area contributed by atoms with Crippen LogP contribution in [-0.4, -0.2) is 19.8 Å². The summed E-state index contributed by atoms with van der Waals surface area (Å²) in [6.45, 7) is 3.17. The molecule has 0 N–H and O–H groups in total. The molecule has 0 heterocycles. The molecule has 0 aromatic carbocycles. The third kappa shape index (κ3) is 8.00. The fourth-order valence-electron chi connectivity index (χ4n) is 0.431. The van der Waals surface area contributed by atoms with Crippen LogP contribution in [0, 0.1) is 0 Å². The van der Waals surface area contributed by atoms with Crippen molar-refractivity contribution in [1.29, 1.82) is 0 Å². The molecule has 0 amide bonds. The summed E-state index contributed by atoms with van der Waals surface area (Å²) in [5.74, 6) is -1.34. The molecular formula is C6H7NaO4S. The van der Waals surface area contributed by atoms with E-state index in [0.717, 1.165) is 5.37 Å². The van der Waals surface area contributed by atoms with Crippen molar-refractivity contribution < 1.29 is 47.9 Å². The van der Waals surface area contributed by atoms with E-state index in [-0.39, 0.29) is 48.0 Å². The van der Waals surface area contributed by atoms with Gasteiger partial charge in [-0.3, -0.25) is 0 Å². The van der Waals surface area contributed by atoms with E-state index in [0.29, 0.717) is 0 Å². The van der Waals surface area contributed by atoms with Crippen molar-refractivity contribution in [3.63, 3.8) is 0 Å². The Balaban J connectivity index is 0. The first-order chi connectivity index (χ1) is 5.04. The summed E-state index contributed by atoms with van der Waals surface area (Å²) in [6, 6.07) is 0. The van der Waals surface area contributed by atoms with Gasteiger partial charge in [0, 0.05) is 5.37 Å². The first-order valence-corrected chi connectivity index (χ1v) is 3.98. The van der Waals surface area contributed by atoms with E-state index in [2.05, 4.69) is 6.58 Å². The Morgan fingerprint density at radius 1 is 1.50 bits per heavy atom. The van der Waals surface area contributed by atoms with E-state index in [4.69, 9.17) is 0 Å². The van der Waals surface area contributed by atoms with Crippen molar-refractivity contribution in [2.45, 2.75) is 12.8 Å². The summed E-state index contributed by atoms with van der Waals surface area (Å²) in [6.07, 6.45) is 0.263. The summed E-state index contributed by atoms with van der Waals surface area (Å²) < 4.78 is 19.8. The smallest absolute Gasteiger partial charge is 0.545 e. The van der Waals surface area contributed by atoms with Gasteiger partial charge >= 0.3 is 29.6 Å². The topological polar surface area (TPSA) is 74.3 Å². The monoisotopic (exact) mass is 198 g/mol. The van der Waals surface area contributed by atoms with E-state index in [1.165, 1.54) is 0 Å². The third-order valence-corrected chi connectivity index (χ3v) is 1.50. The summed E-state index contributed by atoms with van der Waals surface area (Å²) in [5, 5.41) is 11.0. The van der Waals surface area contributed by atoms with Crippen LogP contribution in [0.5, 0.6) is 0 Å². The molecule has 0 aliphatic rings. The number of carboxylic acid groups (broad SMARTS) is 1. The van der Waals surface area contributed by atoms with Gasteiger partial charge in [-0.1, -0.05) is 6.58 Å². The molecule has 0 unspecified atom stereocenters. The molecule has 62 valence electrons. The van der Waals surface area contributed by atoms with Gasteiger partial charge in [-0.2, -0.15) is 8.42 Å². The number of rotatable bonds is 4. The van der Waals surface area contributed by atoms with Crippen LogP contribution in [0.3, 0.4) is 0 Å². The first-order valence-electron chi connectivity index (χ1n) is 2.84. The Hall–Kier alpha value is -0.100. The van der Waals surface area contributed by atoms with Crippen molar-refractivity contribution in [3.8, 4) is 0 Å². The van der Waals surface area contributed by atoms with Crippen LogP contribution in [0.4, 0.5) is 0 Å². The SMILES string of the molecule is C=C(CCC=S(=O)=O)C(=O)[O-].[Na+]. The van der Waals surface area contributed by atoms with Crippen LogP contribution in [0.1, 0.15) is 12.8 Å². The summed E-state index contributed by atoms with van der Waals surface area (Å²) >= 11 is 0. The molecule has 0 bridgehead atoms. The number of carboxylic acids is 1. The molecule has 0 atom stereocenters. The Morgan fingerprint density at radius 2 is 2.00 bits per heavy atom. The first kappa shape index (κ1) is 14.4. The van der Waals surface area contributed by atoms with Crippen LogP contribution in [0.2, 0.25) is 0 Å². The van der Waals surface area contributed by atoms with Gasteiger partial charge < -0.3 is 9.90 Å². The Kier molecular flexibility index (Phi) is 9.07. The number of hydrogen-bond donors (Lipinski definition) is 0. The molecule has 0 aromatic heterocycles. The van der Waals surface area contributed by atoms with Gasteiger partial charge in [0.1, 0.15) is 0 Å². The van der Waals surface area contributed by atoms with Crippen LogP contribution >= 0.6 is 0 Å². The van der Waals surface area contributed by atoms with Crippen LogP contribution in [0.25, 0.3) is 0 Å². The summed E-state index contributed by atoms with van der Waals surface area (Å²) in [4.78, 5) is 10.00. The van der Waals surface area contributed by atoms with Crippen molar-refractivity contribution in [1.82, 2.24) is 0 Å². The van der Waals surface area contributed by atoms with E-state index in [9.17, 15) is 18.3 Å². The van der Waals surface area contributed by atoms with Gasteiger partial charge in [0.2, 0.25) is 10.3 Å². The Morgan fingerprint density at radius 3 is 2.33 bits per heavy atom. The van der Waals surface area contributed by atoms with Crippen molar-refractivity contribution in [2.75, 3.05) is 0 Å². The van der Waals surface area contributed by atoms with Crippen LogP contribution in [0.15, 0.2) is 12.2 Å². The van der Waals surface area contributed by atoms with Crippen molar-refractivity contribution in [3.05, 3.63) is 12.2 Å². The fourth-order valence-corrected chi connectivity index (χ4v) is 0.742. The average Bonchev–Trinajstić information content (AvgIpc) is 1.86. The predicted octanol–water partition coefficient (Wildman–Crippen LogP) is -4.24. The standard InChI is InChI=1S/C6H8O4S.Na/c1-5(6(7)8)3-2-4-11(9)10;/h4H,1-3H2,(H,7,8);/q;+1/p-1. The molecule has 0 fully saturated rings. The maximum atomic E-state index is 10.00. The second kappa shape index (κ2) is 7.54. The van der Waals surface area contributed by atoms with Gasteiger partial charge in [0.15, 0.2) is 0 Å². The second-order valence-corrected chi connectivity index (χ2v) is 2.71. The zero-order chi connectivity index (χ0) is 8.85. The van der Waals surface area contributed by atoms with Gasteiger partial charge in [0.25, 0.3) is 0 Å². The van der Waals surface area contributed by atoms with Crippen molar-refractivity contribution in [2.24, 2.45) is 0 Å². The van der Waals surface area contributed by atoms with E-state index in [1.54, 1.807) is 0 Å². The van der Waals surface area contributed by atoms with Gasteiger partial charge in [0.05, 0.1) is 5.97 Å². The van der Waals surface area contributed by atoms with Gasteiger partial charge in [-0.05, 0) is 18.4 Å². The quantitative estimate of drug-likeness (QED) is 0.260. The Labute approximate surface area is 94.1 Å². The molecule has 0 saturated carbocycles. The predicted molar refractivity (Wildman–Crippen MR) is 38.4 cm³/mol. The fraction of sp³-hybridized carbons (Fsp3) is 0.333. The molecule has 0 saturated heterocycles. The van der Waals surface area contributed by atoms with Crippen LogP contribution < -0.4 is 34.7 Å². The average molecular weight is 198 g/mol. The second-order valence-electron chi connectivity index (χ2n) is 1.86. The Bertz CT molecular complexity index is 283. The third-order valence-electron chi connectivity index (χ3n) is 0.989. The molecule has 0 rings (SSSR count). The minimum atomic E-state index is -2.22. The number of carbonyl (C=O) groups excluding carboxylic acids is 1. The maximum absolute atomic E-state index is 10.00. The van der Waals surface area contributed by atoms with Gasteiger partial charge in [-0.25, -0.2) is 0 Å². The number of hydrogen-bond acceptors (Lipinski definition) is 4. The molecular weight excluding hydrogens is 191 g/mol. The molecule has 0 aliphatic heterocycles. The zero-order valence-corrected chi connectivity index (χ0v) is 9.56. The molecule has 0 radical (unpaired) electrons. The maximum Gasteiger partial charge on any atom is 1.00 e. The minimum absolute atomic E-state index is 0. The summed E-state index contributed by atoms with van der Waals surface area (Å²) in [5.41, 5.74) is -0.0910. The minimum Gasteiger partial charge on any atom is -0.545 e. The zero-order valence-electron chi connectivity index (χ0n) is 6.74. The van der Waals surface area contributed by atoms with Gasteiger partial charge in [-0.15, -0.1) is 0 Å². The molecule has 12 heavy (non-hydrogen) atoms. The van der Waals surface area contributed by atoms with Crippen molar-refractivity contribution >= 4 is 21.6 Å².